The van der Waals surface area contributed by atoms with Crippen LogP contribution in [0.25, 0.3) is 0 Å². The Bertz CT molecular complexity index is 405. The van der Waals surface area contributed by atoms with E-state index in [1.54, 1.807) is 0 Å². The van der Waals surface area contributed by atoms with Crippen LogP contribution in [0.5, 0.6) is 0 Å². The van der Waals surface area contributed by atoms with Crippen molar-refractivity contribution >= 4 is 11.3 Å². The maximum Gasteiger partial charge on any atom is 0.0809 e. The Labute approximate surface area is 133 Å². The lowest BCUT2D eigenvalue weighted by Gasteiger charge is -2.15. The number of rotatable bonds is 8. The molecule has 1 fully saturated rings. The third kappa shape index (κ3) is 6.07. The van der Waals surface area contributed by atoms with Gasteiger partial charge < -0.3 is 14.8 Å². The Morgan fingerprint density at radius 3 is 2.90 bits per heavy atom. The predicted octanol–water partition coefficient (Wildman–Crippen LogP) is 3.72. The minimum Gasteiger partial charge on any atom is -0.379 e. The van der Waals surface area contributed by atoms with Crippen molar-refractivity contribution in [1.82, 2.24) is 5.32 Å². The van der Waals surface area contributed by atoms with Crippen LogP contribution in [0.4, 0.5) is 0 Å². The zero-order valence-corrected chi connectivity index (χ0v) is 14.4. The summed E-state index contributed by atoms with van der Waals surface area (Å²) in [6.07, 6.45) is 3.75. The second-order valence-corrected chi connectivity index (χ2v) is 7.92. The van der Waals surface area contributed by atoms with Crippen LogP contribution in [-0.4, -0.2) is 32.5 Å². The van der Waals surface area contributed by atoms with E-state index in [0.29, 0.717) is 6.10 Å². The summed E-state index contributed by atoms with van der Waals surface area (Å²) in [5, 5.41) is 3.49. The number of hydrogen-bond donors (Lipinski definition) is 1. The highest BCUT2D eigenvalue weighted by Gasteiger charge is 2.16. The Kier molecular flexibility index (Phi) is 6.68. The number of nitrogens with one attached hydrogen (secondary N) is 1. The van der Waals surface area contributed by atoms with Crippen LogP contribution >= 0.6 is 11.3 Å². The first-order chi connectivity index (χ1) is 10.1. The molecule has 1 aliphatic heterocycles. The van der Waals surface area contributed by atoms with E-state index in [1.807, 2.05) is 11.3 Å². The van der Waals surface area contributed by atoms with Gasteiger partial charge in [-0.2, -0.15) is 0 Å². The third-order valence-corrected chi connectivity index (χ3v) is 5.18. The van der Waals surface area contributed by atoms with Crippen molar-refractivity contribution in [2.24, 2.45) is 0 Å². The minimum absolute atomic E-state index is 0.263. The SMILES string of the molecule is CC(C)(C)c1ccc(CNCCCOCC2CCCO2)s1. The summed E-state index contributed by atoms with van der Waals surface area (Å²) in [6.45, 7) is 11.3. The third-order valence-electron chi connectivity index (χ3n) is 3.67. The van der Waals surface area contributed by atoms with Crippen molar-refractivity contribution in [2.75, 3.05) is 26.4 Å². The van der Waals surface area contributed by atoms with Gasteiger partial charge in [0.2, 0.25) is 0 Å². The molecule has 1 atom stereocenters. The fourth-order valence-corrected chi connectivity index (χ4v) is 3.41. The van der Waals surface area contributed by atoms with Gasteiger partial charge in [-0.05, 0) is 43.4 Å². The molecule has 0 amide bonds. The van der Waals surface area contributed by atoms with Crippen LogP contribution < -0.4 is 5.32 Å². The van der Waals surface area contributed by atoms with Gasteiger partial charge in [-0.15, -0.1) is 11.3 Å². The molecule has 0 aliphatic carbocycles. The van der Waals surface area contributed by atoms with Crippen LogP contribution in [-0.2, 0) is 21.4 Å². The monoisotopic (exact) mass is 311 g/mol. The number of ether oxygens (including phenoxy) is 2. The van der Waals surface area contributed by atoms with E-state index in [2.05, 4.69) is 38.2 Å². The summed E-state index contributed by atoms with van der Waals surface area (Å²) in [5.41, 5.74) is 0.263. The van der Waals surface area contributed by atoms with E-state index in [9.17, 15) is 0 Å². The van der Waals surface area contributed by atoms with E-state index in [0.717, 1.165) is 45.8 Å². The van der Waals surface area contributed by atoms with Crippen molar-refractivity contribution < 1.29 is 9.47 Å². The standard InChI is InChI=1S/C17H29NO2S/c1-17(2,3)16-8-7-15(21-16)12-18-9-5-10-19-13-14-6-4-11-20-14/h7-8,14,18H,4-6,9-13H2,1-3H3. The van der Waals surface area contributed by atoms with Crippen LogP contribution in [0.2, 0.25) is 0 Å². The fourth-order valence-electron chi connectivity index (χ4n) is 2.38. The smallest absolute Gasteiger partial charge is 0.0809 e. The summed E-state index contributed by atoms with van der Waals surface area (Å²) < 4.78 is 11.2. The van der Waals surface area contributed by atoms with Gasteiger partial charge in [0, 0.05) is 29.5 Å². The van der Waals surface area contributed by atoms with Gasteiger partial charge in [0.1, 0.15) is 0 Å². The maximum absolute atomic E-state index is 5.66. The molecule has 1 unspecified atom stereocenters. The molecule has 2 heterocycles. The second kappa shape index (κ2) is 8.28. The Morgan fingerprint density at radius 1 is 1.38 bits per heavy atom. The van der Waals surface area contributed by atoms with Crippen LogP contribution in [0.15, 0.2) is 12.1 Å². The van der Waals surface area contributed by atoms with Gasteiger partial charge >= 0.3 is 0 Å². The molecule has 0 bridgehead atoms. The van der Waals surface area contributed by atoms with E-state index in [1.165, 1.54) is 16.2 Å². The Hall–Kier alpha value is -0.420. The van der Waals surface area contributed by atoms with Gasteiger partial charge in [-0.1, -0.05) is 20.8 Å². The summed E-state index contributed by atoms with van der Waals surface area (Å²) >= 11 is 1.91. The zero-order chi connectivity index (χ0) is 15.1. The van der Waals surface area contributed by atoms with Crippen LogP contribution in [0.1, 0.15) is 49.8 Å². The predicted molar refractivity (Wildman–Crippen MR) is 89.1 cm³/mol. The molecule has 0 aromatic carbocycles. The topological polar surface area (TPSA) is 30.5 Å². The summed E-state index contributed by atoms with van der Waals surface area (Å²) in [6, 6.07) is 4.50. The first-order valence-electron chi connectivity index (χ1n) is 8.05. The molecule has 1 aromatic heterocycles. The minimum atomic E-state index is 0.263. The molecule has 4 heteroatoms. The molecule has 0 radical (unpaired) electrons. The largest absolute Gasteiger partial charge is 0.379 e. The molecular weight excluding hydrogens is 282 g/mol. The lowest BCUT2D eigenvalue weighted by atomic mass is 9.95. The zero-order valence-electron chi connectivity index (χ0n) is 13.6. The molecule has 0 saturated carbocycles. The normalized spacial score (nSPS) is 19.3. The fraction of sp³-hybridized carbons (Fsp3) is 0.765. The van der Waals surface area contributed by atoms with Gasteiger partial charge in [0.15, 0.2) is 0 Å². The average Bonchev–Trinajstić information content (AvgIpc) is 3.07. The van der Waals surface area contributed by atoms with Crippen molar-refractivity contribution in [2.45, 2.75) is 58.1 Å². The van der Waals surface area contributed by atoms with Crippen molar-refractivity contribution in [3.63, 3.8) is 0 Å². The molecular formula is C17H29NO2S. The van der Waals surface area contributed by atoms with Gasteiger partial charge in [0.05, 0.1) is 12.7 Å². The highest BCUT2D eigenvalue weighted by atomic mass is 32.1. The lowest BCUT2D eigenvalue weighted by Crippen LogP contribution is -2.18. The Balaban J connectivity index is 1.50. The second-order valence-electron chi connectivity index (χ2n) is 6.76. The van der Waals surface area contributed by atoms with Crippen molar-refractivity contribution in [3.05, 3.63) is 21.9 Å². The molecule has 1 aromatic rings. The Morgan fingerprint density at radius 2 is 2.24 bits per heavy atom. The summed E-state index contributed by atoms with van der Waals surface area (Å²) in [5.74, 6) is 0. The number of thiophene rings is 1. The molecule has 1 saturated heterocycles. The highest BCUT2D eigenvalue weighted by Crippen LogP contribution is 2.29. The molecule has 2 rings (SSSR count). The summed E-state index contributed by atoms with van der Waals surface area (Å²) in [7, 11) is 0. The number of hydrogen-bond acceptors (Lipinski definition) is 4. The van der Waals surface area contributed by atoms with E-state index >= 15 is 0 Å². The van der Waals surface area contributed by atoms with Crippen LogP contribution in [0.3, 0.4) is 0 Å². The van der Waals surface area contributed by atoms with E-state index in [4.69, 9.17) is 9.47 Å². The quantitative estimate of drug-likeness (QED) is 0.742. The van der Waals surface area contributed by atoms with Gasteiger partial charge in [-0.25, -0.2) is 0 Å². The molecule has 0 spiro atoms. The lowest BCUT2D eigenvalue weighted by molar-refractivity contribution is 0.0166. The maximum atomic E-state index is 5.66. The van der Waals surface area contributed by atoms with E-state index < -0.39 is 0 Å². The first kappa shape index (κ1) is 16.9. The molecule has 1 aliphatic rings. The molecule has 21 heavy (non-hydrogen) atoms. The molecule has 1 N–H and O–H groups in total. The molecule has 3 nitrogen and oxygen atoms in total. The van der Waals surface area contributed by atoms with Crippen molar-refractivity contribution in [3.8, 4) is 0 Å². The molecule has 120 valence electrons. The average molecular weight is 311 g/mol. The van der Waals surface area contributed by atoms with E-state index in [-0.39, 0.29) is 5.41 Å². The summed E-state index contributed by atoms with van der Waals surface area (Å²) in [4.78, 5) is 2.87. The van der Waals surface area contributed by atoms with Crippen molar-refractivity contribution in [1.29, 1.82) is 0 Å². The van der Waals surface area contributed by atoms with Gasteiger partial charge in [-0.3, -0.25) is 0 Å². The van der Waals surface area contributed by atoms with Gasteiger partial charge in [0.25, 0.3) is 0 Å². The highest BCUT2D eigenvalue weighted by molar-refractivity contribution is 7.12. The van der Waals surface area contributed by atoms with Crippen LogP contribution in [0, 0.1) is 0 Å². The first-order valence-corrected chi connectivity index (χ1v) is 8.86.